The molecule has 0 radical (unpaired) electrons. The Kier molecular flexibility index (Phi) is 3.99. The number of aromatic nitrogens is 3. The van der Waals surface area contributed by atoms with Crippen LogP contribution in [0.3, 0.4) is 0 Å². The average Bonchev–Trinajstić information content (AvgIpc) is 3.16. The molecule has 0 spiro atoms. The molecule has 4 aromatic rings. The molecule has 0 aliphatic rings. The Bertz CT molecular complexity index is 1170. The zero-order valence-electron chi connectivity index (χ0n) is 13.1. The summed E-state index contributed by atoms with van der Waals surface area (Å²) >= 11 is 7.47. The first-order valence-electron chi connectivity index (χ1n) is 7.46. The standard InChI is InChI=1S/C18H12ClN3O2S/c1-24-12-8-6-11(7-9-12)10-15-17(23)22-18(25-15)20-16(21-22)13-4-2-3-5-14(13)19/h2-10H,1H3/b15-10-. The topological polar surface area (TPSA) is 56.5 Å². The third kappa shape index (κ3) is 2.90. The highest BCUT2D eigenvalue weighted by Gasteiger charge is 2.13. The molecule has 0 bridgehead atoms. The molecule has 0 atom stereocenters. The van der Waals surface area contributed by atoms with Crippen LogP contribution in [0.1, 0.15) is 5.56 Å². The molecule has 0 aliphatic carbocycles. The molecule has 0 unspecified atom stereocenters. The molecule has 0 N–H and O–H groups in total. The minimum absolute atomic E-state index is 0.193. The van der Waals surface area contributed by atoms with Crippen molar-refractivity contribution in [1.82, 2.24) is 14.6 Å². The fourth-order valence-electron chi connectivity index (χ4n) is 2.44. The van der Waals surface area contributed by atoms with E-state index in [-0.39, 0.29) is 5.56 Å². The van der Waals surface area contributed by atoms with Crippen molar-refractivity contribution in [2.75, 3.05) is 7.11 Å². The molecule has 124 valence electrons. The summed E-state index contributed by atoms with van der Waals surface area (Å²) in [5, 5.41) is 4.87. The molecule has 7 heteroatoms. The lowest BCUT2D eigenvalue weighted by atomic mass is 10.2. The highest BCUT2D eigenvalue weighted by molar-refractivity contribution is 7.15. The summed E-state index contributed by atoms with van der Waals surface area (Å²) in [6.45, 7) is 0. The molecule has 4 rings (SSSR count). The van der Waals surface area contributed by atoms with Gasteiger partial charge in [0.15, 0.2) is 5.82 Å². The second-order valence-corrected chi connectivity index (χ2v) is 6.71. The predicted octanol–water partition coefficient (Wildman–Crippen LogP) is 3.03. The second-order valence-electron chi connectivity index (χ2n) is 5.30. The van der Waals surface area contributed by atoms with Crippen molar-refractivity contribution in [1.29, 1.82) is 0 Å². The molecular weight excluding hydrogens is 358 g/mol. The van der Waals surface area contributed by atoms with Crippen molar-refractivity contribution in [2.45, 2.75) is 0 Å². The Morgan fingerprint density at radius 1 is 1.16 bits per heavy atom. The molecule has 0 fully saturated rings. The van der Waals surface area contributed by atoms with Crippen LogP contribution in [0, 0.1) is 0 Å². The van der Waals surface area contributed by atoms with Crippen molar-refractivity contribution in [2.24, 2.45) is 0 Å². The SMILES string of the molecule is COc1ccc(/C=c2\sc3nc(-c4ccccc4Cl)nn3c2=O)cc1. The van der Waals surface area contributed by atoms with Gasteiger partial charge in [-0.1, -0.05) is 47.2 Å². The lowest BCUT2D eigenvalue weighted by Gasteiger charge is -1.98. The maximum atomic E-state index is 12.6. The number of hydrogen-bond acceptors (Lipinski definition) is 5. The van der Waals surface area contributed by atoms with Gasteiger partial charge in [-0.05, 0) is 35.9 Å². The van der Waals surface area contributed by atoms with E-state index in [9.17, 15) is 4.79 Å². The van der Waals surface area contributed by atoms with Crippen LogP contribution in [-0.4, -0.2) is 21.7 Å². The lowest BCUT2D eigenvalue weighted by molar-refractivity contribution is 0.415. The average molecular weight is 370 g/mol. The third-order valence-corrected chi connectivity index (χ3v) is 5.00. The number of halogens is 1. The molecule has 5 nitrogen and oxygen atoms in total. The largest absolute Gasteiger partial charge is 0.497 e. The smallest absolute Gasteiger partial charge is 0.291 e. The van der Waals surface area contributed by atoms with E-state index in [1.165, 1.54) is 15.9 Å². The summed E-state index contributed by atoms with van der Waals surface area (Å²) in [7, 11) is 1.62. The molecular formula is C18H12ClN3O2S. The van der Waals surface area contributed by atoms with Crippen LogP contribution in [0.4, 0.5) is 0 Å². The Hall–Kier alpha value is -2.70. The van der Waals surface area contributed by atoms with Gasteiger partial charge in [0.25, 0.3) is 5.56 Å². The number of methoxy groups -OCH3 is 1. The molecule has 25 heavy (non-hydrogen) atoms. The Balaban J connectivity index is 1.79. The van der Waals surface area contributed by atoms with E-state index in [0.717, 1.165) is 11.3 Å². The first-order chi connectivity index (χ1) is 12.2. The summed E-state index contributed by atoms with van der Waals surface area (Å²) in [5.41, 5.74) is 1.43. The van der Waals surface area contributed by atoms with Gasteiger partial charge in [-0.2, -0.15) is 9.50 Å². The third-order valence-electron chi connectivity index (χ3n) is 3.71. The summed E-state index contributed by atoms with van der Waals surface area (Å²) in [6, 6.07) is 14.8. The van der Waals surface area contributed by atoms with Gasteiger partial charge in [-0.15, -0.1) is 5.10 Å². The molecule has 0 amide bonds. The quantitative estimate of drug-likeness (QED) is 0.557. The lowest BCUT2D eigenvalue weighted by Crippen LogP contribution is -2.23. The monoisotopic (exact) mass is 369 g/mol. The van der Waals surface area contributed by atoms with Gasteiger partial charge in [-0.25, -0.2) is 0 Å². The number of rotatable bonds is 3. The summed E-state index contributed by atoms with van der Waals surface area (Å²) in [4.78, 5) is 17.5. The van der Waals surface area contributed by atoms with E-state index >= 15 is 0 Å². The maximum absolute atomic E-state index is 12.6. The van der Waals surface area contributed by atoms with Crippen LogP contribution >= 0.6 is 22.9 Å². The van der Waals surface area contributed by atoms with Gasteiger partial charge in [0.05, 0.1) is 16.7 Å². The number of hydrogen-bond donors (Lipinski definition) is 0. The minimum Gasteiger partial charge on any atom is -0.497 e. The fourth-order valence-corrected chi connectivity index (χ4v) is 3.57. The van der Waals surface area contributed by atoms with Gasteiger partial charge >= 0.3 is 0 Å². The highest BCUT2D eigenvalue weighted by Crippen LogP contribution is 2.25. The van der Waals surface area contributed by atoms with Crippen molar-refractivity contribution < 1.29 is 4.74 Å². The predicted molar refractivity (Wildman–Crippen MR) is 99.4 cm³/mol. The number of thiazole rings is 1. The first kappa shape index (κ1) is 15.8. The number of fused-ring (bicyclic) bond motifs is 1. The molecule has 2 aromatic heterocycles. The van der Waals surface area contributed by atoms with Gasteiger partial charge < -0.3 is 4.74 Å². The normalized spacial score (nSPS) is 12.0. The van der Waals surface area contributed by atoms with Crippen LogP contribution in [0.25, 0.3) is 22.4 Å². The summed E-state index contributed by atoms with van der Waals surface area (Å²) in [6.07, 6.45) is 1.82. The number of nitrogens with zero attached hydrogens (tertiary/aromatic N) is 3. The van der Waals surface area contributed by atoms with Gasteiger partial charge in [-0.3, -0.25) is 4.79 Å². The second kappa shape index (κ2) is 6.31. The molecule has 0 aliphatic heterocycles. The zero-order valence-corrected chi connectivity index (χ0v) is 14.7. The van der Waals surface area contributed by atoms with E-state index in [1.54, 1.807) is 13.2 Å². The van der Waals surface area contributed by atoms with Crippen LogP contribution in [0.5, 0.6) is 5.75 Å². The van der Waals surface area contributed by atoms with Crippen LogP contribution in [0.2, 0.25) is 5.02 Å². The van der Waals surface area contributed by atoms with Crippen LogP contribution < -0.4 is 14.8 Å². The summed E-state index contributed by atoms with van der Waals surface area (Å²) < 4.78 is 7.03. The molecule has 0 saturated carbocycles. The maximum Gasteiger partial charge on any atom is 0.291 e. The van der Waals surface area contributed by atoms with Crippen LogP contribution in [0.15, 0.2) is 53.3 Å². The Morgan fingerprint density at radius 3 is 2.60 bits per heavy atom. The van der Waals surface area contributed by atoms with E-state index in [1.807, 2.05) is 48.5 Å². The highest BCUT2D eigenvalue weighted by atomic mass is 35.5. The van der Waals surface area contributed by atoms with Gasteiger partial charge in [0, 0.05) is 5.56 Å². The Labute approximate surface area is 151 Å². The minimum atomic E-state index is -0.193. The summed E-state index contributed by atoms with van der Waals surface area (Å²) in [5.74, 6) is 1.22. The van der Waals surface area contributed by atoms with E-state index in [0.29, 0.717) is 25.9 Å². The molecule has 0 saturated heterocycles. The first-order valence-corrected chi connectivity index (χ1v) is 8.65. The van der Waals surface area contributed by atoms with E-state index in [2.05, 4.69) is 10.1 Å². The molecule has 2 aromatic carbocycles. The number of ether oxygens (including phenoxy) is 1. The van der Waals surface area contributed by atoms with Gasteiger partial charge in [0.1, 0.15) is 5.75 Å². The van der Waals surface area contributed by atoms with Crippen LogP contribution in [-0.2, 0) is 0 Å². The van der Waals surface area contributed by atoms with E-state index < -0.39 is 0 Å². The van der Waals surface area contributed by atoms with Gasteiger partial charge in [0.2, 0.25) is 4.96 Å². The van der Waals surface area contributed by atoms with E-state index in [4.69, 9.17) is 16.3 Å². The fraction of sp³-hybridized carbons (Fsp3) is 0.0556. The number of benzene rings is 2. The Morgan fingerprint density at radius 2 is 1.92 bits per heavy atom. The van der Waals surface area contributed by atoms with Crippen molar-refractivity contribution in [3.05, 3.63) is 74.0 Å². The van der Waals surface area contributed by atoms with Crippen molar-refractivity contribution in [3.63, 3.8) is 0 Å². The zero-order chi connectivity index (χ0) is 17.4. The van der Waals surface area contributed by atoms with Crippen molar-refractivity contribution >= 4 is 34.0 Å². The van der Waals surface area contributed by atoms with Crippen molar-refractivity contribution in [3.8, 4) is 17.1 Å². The molecule has 2 heterocycles.